The second-order valence-corrected chi connectivity index (χ2v) is 22.4. The molecule has 18 nitrogen and oxygen atoms in total. The number of carbonyl (C=O) groups is 4. The highest BCUT2D eigenvalue weighted by Gasteiger charge is 2.56. The maximum Gasteiger partial charge on any atom is 0.352 e. The molecule has 5 N–H and O–H groups in total. The largest absolute Gasteiger partial charge is 0.446 e. The number of carbonyl (C=O) groups excluding carboxylic acids is 4. The van der Waals surface area contributed by atoms with Gasteiger partial charge in [-0.25, -0.2) is 19.2 Å². The van der Waals surface area contributed by atoms with Crippen LogP contribution in [0.2, 0.25) is 0 Å². The van der Waals surface area contributed by atoms with Crippen molar-refractivity contribution < 1.29 is 57.6 Å². The molecule has 2 aromatic rings. The summed E-state index contributed by atoms with van der Waals surface area (Å²) in [6.45, 7) is 16.4. The average molecular weight is 1110 g/mol. The number of esters is 1. The highest BCUT2D eigenvalue weighted by Crippen LogP contribution is 2.44. The van der Waals surface area contributed by atoms with Gasteiger partial charge >= 0.3 is 5.97 Å². The molecule has 21 heteroatoms. The number of cyclic esters (lactones) is 1. The number of Topliss-reactive ketones (excluding diaryl/α,β-unsaturated/α-hetero) is 1. The van der Waals surface area contributed by atoms with Gasteiger partial charge in [0, 0.05) is 47.2 Å². The highest BCUT2D eigenvalue weighted by molar-refractivity contribution is 14.1. The summed E-state index contributed by atoms with van der Waals surface area (Å²) >= 11 is 3.08. The summed E-state index contributed by atoms with van der Waals surface area (Å²) in [5, 5.41) is 33.9. The van der Waals surface area contributed by atoms with E-state index in [1.807, 2.05) is 59.7 Å². The molecule has 0 saturated carbocycles. The Balaban J connectivity index is 1.55. The maximum atomic E-state index is 16.9. The SMILES string of the molecule is CCC(=O)/N=C1\[C@H](C)C[C@@]2(C)OC/C(=N/OCc3ccc(-c4nc(NC(=O)[C@@H](N)CC(C)C)cs4)cn3)CC[C@H]([C@H]1C)[C@](C)(O)[C@@H](I)OC(=O)[C@@](C)(F)C(=O)[C@H](C)[C@H]2O[C@@H]1O[C@H](C)C[C@H](N(C)C)[C@H]1O. The summed E-state index contributed by atoms with van der Waals surface area (Å²) in [4.78, 5) is 75.7. The van der Waals surface area contributed by atoms with Crippen LogP contribution in [0.15, 0.2) is 33.9 Å². The van der Waals surface area contributed by atoms with E-state index < -0.39 is 99.0 Å². The Hall–Kier alpha value is -3.42. The lowest BCUT2D eigenvalue weighted by Gasteiger charge is -2.47. The van der Waals surface area contributed by atoms with Crippen molar-refractivity contribution in [1.82, 2.24) is 14.9 Å². The molecule has 0 aliphatic carbocycles. The number of aromatic nitrogens is 2. The van der Waals surface area contributed by atoms with Gasteiger partial charge in [0.2, 0.25) is 11.8 Å². The van der Waals surface area contributed by atoms with E-state index in [-0.39, 0.29) is 50.7 Å². The molecule has 3 saturated heterocycles. The molecule has 390 valence electrons. The number of halogens is 2. The van der Waals surface area contributed by atoms with Gasteiger partial charge in [-0.05, 0) is 126 Å². The molecule has 3 aliphatic heterocycles. The molecule has 5 heterocycles. The molecule has 70 heavy (non-hydrogen) atoms. The molecule has 0 unspecified atom stereocenters. The van der Waals surface area contributed by atoms with Crippen LogP contribution in [0.3, 0.4) is 0 Å². The van der Waals surface area contributed by atoms with E-state index in [1.54, 1.807) is 54.1 Å². The molecule has 0 radical (unpaired) electrons. The molecule has 2 aromatic heterocycles. The number of nitrogens with two attached hydrogens (primary N) is 1. The summed E-state index contributed by atoms with van der Waals surface area (Å²) in [5.41, 5.74) is 1.47. The number of rotatable bonds is 12. The number of oxime groups is 1. The van der Waals surface area contributed by atoms with Crippen LogP contribution >= 0.6 is 33.9 Å². The Labute approximate surface area is 428 Å². The van der Waals surface area contributed by atoms with Crippen molar-refractivity contribution in [2.75, 3.05) is 26.0 Å². The van der Waals surface area contributed by atoms with Crippen LogP contribution in [0.5, 0.6) is 0 Å². The first-order valence-corrected chi connectivity index (χ1v) is 26.2. The van der Waals surface area contributed by atoms with Crippen LogP contribution in [0.4, 0.5) is 10.2 Å². The zero-order chi connectivity index (χ0) is 52.0. The van der Waals surface area contributed by atoms with Gasteiger partial charge in [-0.1, -0.05) is 46.7 Å². The van der Waals surface area contributed by atoms with E-state index in [1.165, 1.54) is 25.2 Å². The number of ketones is 1. The standard InChI is InChI=1S/C49H73FIN7O11S/c1-13-37(59)56-38-26(4)20-47(8)41(68-44-39(60)35(58(11)12)19-27(5)67-44)29(7)40(61)48(9,50)46(63)69-45(51)49(10,64)33(28(38)6)17-16-32(22-65-47)57-66-23-31-15-14-30(21-53-31)43-55-36(24-70-43)54-42(62)34(52)18-25(2)3/h14-15,21,24-29,33-35,39,41,44-45,60,64H,13,16-20,22-23,52H2,1-12H3,(H,54,62)/b56-38+,57-32+/t26-,27-,28-,29+,33-,34+,35+,39-,41-,44+,45+,47-,48+,49+/m1/s1. The van der Waals surface area contributed by atoms with Gasteiger partial charge in [-0.3, -0.25) is 19.4 Å². The smallest absolute Gasteiger partial charge is 0.352 e. The molecule has 2 amide bonds. The lowest BCUT2D eigenvalue weighted by Crippen LogP contribution is -2.61. The summed E-state index contributed by atoms with van der Waals surface area (Å²) in [5.74, 6) is -6.16. The van der Waals surface area contributed by atoms with E-state index in [9.17, 15) is 29.4 Å². The third kappa shape index (κ3) is 13.8. The maximum absolute atomic E-state index is 16.9. The van der Waals surface area contributed by atoms with Crippen molar-refractivity contribution in [2.45, 2.75) is 172 Å². The second-order valence-electron chi connectivity index (χ2n) is 20.4. The number of nitrogens with one attached hydrogen (secondary N) is 1. The number of hydrogen-bond acceptors (Lipinski definition) is 17. The normalized spacial score (nSPS) is 35.5. The number of alkyl halides is 2. The van der Waals surface area contributed by atoms with Gasteiger partial charge in [0.15, 0.2) is 22.8 Å². The number of ether oxygens (including phenoxy) is 4. The third-order valence-corrected chi connectivity index (χ3v) is 16.2. The average Bonchev–Trinajstić information content (AvgIpc) is 3.76. The van der Waals surface area contributed by atoms with Crippen LogP contribution < -0.4 is 11.1 Å². The van der Waals surface area contributed by atoms with Crippen molar-refractivity contribution in [3.63, 3.8) is 0 Å². The fraction of sp³-hybridized carbons (Fsp3) is 0.714. The fourth-order valence-corrected chi connectivity index (χ4v) is 11.1. The van der Waals surface area contributed by atoms with Crippen molar-refractivity contribution in [3.8, 4) is 10.6 Å². The van der Waals surface area contributed by atoms with E-state index >= 15 is 4.39 Å². The molecule has 14 atom stereocenters. The minimum Gasteiger partial charge on any atom is -0.446 e. The topological polar surface area (TPSA) is 247 Å². The summed E-state index contributed by atoms with van der Waals surface area (Å²) in [7, 11) is 3.64. The summed E-state index contributed by atoms with van der Waals surface area (Å²) < 4.78 is 41.0. The van der Waals surface area contributed by atoms with Gasteiger partial charge in [-0.2, -0.15) is 0 Å². The second kappa shape index (κ2) is 24.1. The number of likely N-dealkylation sites (N-methyl/N-ethyl adjacent to an activating group) is 1. The first-order chi connectivity index (χ1) is 32.7. The molecule has 3 aliphatic rings. The summed E-state index contributed by atoms with van der Waals surface area (Å²) in [6, 6.07) is 2.52. The lowest BCUT2D eigenvalue weighted by atomic mass is 9.70. The van der Waals surface area contributed by atoms with Crippen molar-refractivity contribution in [3.05, 3.63) is 29.4 Å². The number of nitrogens with zero attached hydrogens (tertiary/aromatic N) is 5. The third-order valence-electron chi connectivity index (χ3n) is 13.7. The minimum atomic E-state index is -3.21. The van der Waals surface area contributed by atoms with Crippen LogP contribution in [0, 0.1) is 29.6 Å². The zero-order valence-corrected chi connectivity index (χ0v) is 45.4. The quantitative estimate of drug-likeness (QED) is 0.0588. The van der Waals surface area contributed by atoms with Crippen LogP contribution in [0.25, 0.3) is 10.6 Å². The van der Waals surface area contributed by atoms with E-state index in [2.05, 4.69) is 25.4 Å². The molecular weight excluding hydrogens is 1040 g/mol. The Morgan fingerprint density at radius 3 is 2.47 bits per heavy atom. The van der Waals surface area contributed by atoms with E-state index in [4.69, 9.17) is 29.5 Å². The number of pyridine rings is 1. The van der Waals surface area contributed by atoms with Gasteiger partial charge in [-0.15, -0.1) is 11.3 Å². The summed E-state index contributed by atoms with van der Waals surface area (Å²) in [6.07, 6.45) is -1.19. The Morgan fingerprint density at radius 2 is 1.84 bits per heavy atom. The molecular formula is C49H73FIN7O11S. The minimum absolute atomic E-state index is 0.0317. The molecule has 3 fully saturated rings. The fourth-order valence-electron chi connectivity index (χ4n) is 9.69. The number of thiazole rings is 1. The predicted octanol–water partition coefficient (Wildman–Crippen LogP) is 6.43. The molecule has 2 bridgehead atoms. The predicted molar refractivity (Wildman–Crippen MR) is 272 cm³/mol. The van der Waals surface area contributed by atoms with Crippen LogP contribution in [-0.4, -0.2) is 138 Å². The number of fused-ring (bicyclic) bond motifs is 5. The molecule has 0 aromatic carbocycles. The van der Waals surface area contributed by atoms with Crippen LogP contribution in [0.1, 0.15) is 113 Å². The van der Waals surface area contributed by atoms with E-state index in [0.717, 1.165) is 6.92 Å². The Bertz CT molecular complexity index is 2210. The zero-order valence-electron chi connectivity index (χ0n) is 42.4. The van der Waals surface area contributed by atoms with Crippen molar-refractivity contribution in [2.24, 2.45) is 45.5 Å². The Morgan fingerprint density at radius 1 is 1.14 bits per heavy atom. The van der Waals surface area contributed by atoms with Gasteiger partial charge in [0.05, 0.1) is 41.9 Å². The number of anilines is 1. The van der Waals surface area contributed by atoms with Crippen molar-refractivity contribution in [1.29, 1.82) is 0 Å². The number of hydrogen-bond donors (Lipinski definition) is 4. The monoisotopic (exact) mass is 1110 g/mol. The highest BCUT2D eigenvalue weighted by atomic mass is 127. The van der Waals surface area contributed by atoms with Gasteiger partial charge in [0.1, 0.15) is 22.5 Å². The first-order valence-electron chi connectivity index (χ1n) is 24.1. The number of aliphatic imine (C=N–C) groups is 1. The molecule has 5 rings (SSSR count). The van der Waals surface area contributed by atoms with Crippen molar-refractivity contribution >= 4 is 74.7 Å². The number of aliphatic hydroxyl groups excluding tert-OH is 1. The van der Waals surface area contributed by atoms with Gasteiger partial charge < -0.3 is 49.9 Å². The first kappa shape index (κ1) is 57.5. The number of amides is 2. The Kier molecular flexibility index (Phi) is 19.8. The lowest BCUT2D eigenvalue weighted by molar-refractivity contribution is -0.296. The van der Waals surface area contributed by atoms with Crippen LogP contribution in [-0.2, 0) is 49.6 Å². The van der Waals surface area contributed by atoms with Gasteiger partial charge in [0.25, 0.3) is 5.67 Å². The number of aliphatic hydroxyl groups is 2. The molecule has 0 spiro atoms. The van der Waals surface area contributed by atoms with E-state index in [0.29, 0.717) is 46.3 Å².